The van der Waals surface area contributed by atoms with Crippen LogP contribution in [0.25, 0.3) is 0 Å². The number of hydrogen-bond donors (Lipinski definition) is 1. The fourth-order valence-corrected chi connectivity index (χ4v) is 0.747. The zero-order valence-corrected chi connectivity index (χ0v) is 6.15. The molecule has 3 heteroatoms. The fraction of sp³-hybridized carbons (Fsp3) is 0.250. The molecule has 56 valence electrons. The van der Waals surface area contributed by atoms with Crippen LogP contribution in [0.3, 0.4) is 0 Å². The van der Waals surface area contributed by atoms with Gasteiger partial charge in [-0.05, 0) is 18.6 Å². The van der Waals surface area contributed by atoms with E-state index in [1.54, 1.807) is 19.2 Å². The smallest absolute Gasteiger partial charge is 0.101 e. The second-order valence-corrected chi connectivity index (χ2v) is 2.29. The minimum absolute atomic E-state index is 0.475. The fourth-order valence-electron chi connectivity index (χ4n) is 0.747. The Bertz CT molecular complexity index is 288. The predicted octanol–water partition coefficient (Wildman–Crippen LogP) is 1.01. The number of hydrogen-bond acceptors (Lipinski definition) is 3. The molecule has 0 saturated carbocycles. The number of aromatic nitrogens is 1. The molecule has 0 aliphatic heterocycles. The van der Waals surface area contributed by atoms with Gasteiger partial charge in [0.05, 0.1) is 11.7 Å². The minimum atomic E-state index is -0.559. The standard InChI is InChI=1S/C8H8N2O/c1-6(11)8-2-7(3-9)4-10-5-8/h2,4-6,11H,1H3. The maximum absolute atomic E-state index is 9.09. The van der Waals surface area contributed by atoms with Gasteiger partial charge in [-0.3, -0.25) is 4.98 Å². The number of pyridine rings is 1. The van der Waals surface area contributed by atoms with Gasteiger partial charge in [0.15, 0.2) is 0 Å². The zero-order valence-electron chi connectivity index (χ0n) is 6.15. The Morgan fingerprint density at radius 2 is 2.36 bits per heavy atom. The molecule has 0 radical (unpaired) electrons. The first kappa shape index (κ1) is 7.70. The summed E-state index contributed by atoms with van der Waals surface area (Å²) in [6, 6.07) is 3.57. The lowest BCUT2D eigenvalue weighted by Crippen LogP contribution is -1.92. The molecule has 11 heavy (non-hydrogen) atoms. The summed E-state index contributed by atoms with van der Waals surface area (Å²) < 4.78 is 0. The average molecular weight is 148 g/mol. The number of nitrogens with zero attached hydrogens (tertiary/aromatic N) is 2. The molecule has 1 aromatic rings. The van der Waals surface area contributed by atoms with Crippen LogP contribution in [-0.2, 0) is 0 Å². The summed E-state index contributed by atoms with van der Waals surface area (Å²) in [6.45, 7) is 1.64. The van der Waals surface area contributed by atoms with Gasteiger partial charge in [-0.15, -0.1) is 0 Å². The van der Waals surface area contributed by atoms with Crippen molar-refractivity contribution in [2.45, 2.75) is 13.0 Å². The van der Waals surface area contributed by atoms with Crippen LogP contribution in [0.1, 0.15) is 24.2 Å². The highest BCUT2D eigenvalue weighted by atomic mass is 16.3. The van der Waals surface area contributed by atoms with Gasteiger partial charge in [0.25, 0.3) is 0 Å². The molecule has 0 bridgehead atoms. The quantitative estimate of drug-likeness (QED) is 0.646. The molecule has 0 saturated heterocycles. The third-order valence-corrected chi connectivity index (χ3v) is 1.37. The van der Waals surface area contributed by atoms with Crippen molar-refractivity contribution < 1.29 is 5.11 Å². The van der Waals surface area contributed by atoms with E-state index in [1.165, 1.54) is 6.20 Å². The lowest BCUT2D eigenvalue weighted by atomic mass is 10.1. The summed E-state index contributed by atoms with van der Waals surface area (Å²) >= 11 is 0. The first-order chi connectivity index (χ1) is 5.24. The molecule has 3 nitrogen and oxygen atoms in total. The van der Waals surface area contributed by atoms with Crippen molar-refractivity contribution in [2.75, 3.05) is 0 Å². The van der Waals surface area contributed by atoms with E-state index < -0.39 is 6.10 Å². The van der Waals surface area contributed by atoms with Crippen molar-refractivity contribution in [3.8, 4) is 6.07 Å². The van der Waals surface area contributed by atoms with E-state index in [0.29, 0.717) is 11.1 Å². The molecular weight excluding hydrogens is 140 g/mol. The monoisotopic (exact) mass is 148 g/mol. The summed E-state index contributed by atoms with van der Waals surface area (Å²) in [7, 11) is 0. The first-order valence-electron chi connectivity index (χ1n) is 3.27. The number of rotatable bonds is 1. The van der Waals surface area contributed by atoms with E-state index in [1.807, 2.05) is 6.07 Å². The van der Waals surface area contributed by atoms with Gasteiger partial charge in [0.1, 0.15) is 6.07 Å². The van der Waals surface area contributed by atoms with Crippen LogP contribution in [0.5, 0.6) is 0 Å². The normalized spacial score (nSPS) is 12.1. The van der Waals surface area contributed by atoms with Gasteiger partial charge in [-0.2, -0.15) is 5.26 Å². The summed E-state index contributed by atoms with van der Waals surface area (Å²) in [5.74, 6) is 0. The van der Waals surface area contributed by atoms with Gasteiger partial charge in [-0.1, -0.05) is 0 Å². The third-order valence-electron chi connectivity index (χ3n) is 1.37. The van der Waals surface area contributed by atoms with Gasteiger partial charge in [0.2, 0.25) is 0 Å². The average Bonchev–Trinajstić information content (AvgIpc) is 2.05. The summed E-state index contributed by atoms with van der Waals surface area (Å²) in [5.41, 5.74) is 1.15. The van der Waals surface area contributed by atoms with E-state index in [2.05, 4.69) is 4.98 Å². The summed E-state index contributed by atoms with van der Waals surface area (Å²) in [5, 5.41) is 17.6. The minimum Gasteiger partial charge on any atom is -0.389 e. The predicted molar refractivity (Wildman–Crippen MR) is 39.6 cm³/mol. The Morgan fingerprint density at radius 1 is 1.64 bits per heavy atom. The Labute approximate surface area is 64.9 Å². The van der Waals surface area contributed by atoms with Crippen LogP contribution in [0.2, 0.25) is 0 Å². The zero-order chi connectivity index (χ0) is 8.27. The largest absolute Gasteiger partial charge is 0.389 e. The van der Waals surface area contributed by atoms with E-state index in [4.69, 9.17) is 10.4 Å². The van der Waals surface area contributed by atoms with Crippen LogP contribution in [0.15, 0.2) is 18.5 Å². The number of aliphatic hydroxyl groups excluding tert-OH is 1. The van der Waals surface area contributed by atoms with Gasteiger partial charge in [0, 0.05) is 12.4 Å². The van der Waals surface area contributed by atoms with Crippen molar-refractivity contribution in [3.63, 3.8) is 0 Å². The van der Waals surface area contributed by atoms with Crippen LogP contribution >= 0.6 is 0 Å². The third kappa shape index (κ3) is 1.76. The van der Waals surface area contributed by atoms with Crippen molar-refractivity contribution in [2.24, 2.45) is 0 Å². The molecule has 0 aliphatic carbocycles. The first-order valence-corrected chi connectivity index (χ1v) is 3.27. The molecule has 0 aromatic carbocycles. The summed E-state index contributed by atoms with van der Waals surface area (Å²) in [6.07, 6.45) is 2.45. The Morgan fingerprint density at radius 3 is 2.91 bits per heavy atom. The molecular formula is C8H8N2O. The maximum atomic E-state index is 9.09. The molecule has 1 unspecified atom stereocenters. The molecule has 0 amide bonds. The second-order valence-electron chi connectivity index (χ2n) is 2.29. The maximum Gasteiger partial charge on any atom is 0.101 e. The highest BCUT2D eigenvalue weighted by Gasteiger charge is 2.00. The van der Waals surface area contributed by atoms with Crippen LogP contribution < -0.4 is 0 Å². The van der Waals surface area contributed by atoms with Crippen LogP contribution in [-0.4, -0.2) is 10.1 Å². The van der Waals surface area contributed by atoms with Gasteiger partial charge < -0.3 is 5.11 Å². The van der Waals surface area contributed by atoms with E-state index in [0.717, 1.165) is 0 Å². The molecule has 0 aliphatic rings. The highest BCUT2D eigenvalue weighted by Crippen LogP contribution is 2.10. The Hall–Kier alpha value is -1.40. The molecule has 1 aromatic heterocycles. The molecule has 0 fully saturated rings. The number of aliphatic hydroxyl groups is 1. The van der Waals surface area contributed by atoms with Crippen LogP contribution in [0.4, 0.5) is 0 Å². The molecule has 0 spiro atoms. The van der Waals surface area contributed by atoms with E-state index >= 15 is 0 Å². The van der Waals surface area contributed by atoms with Gasteiger partial charge >= 0.3 is 0 Å². The lowest BCUT2D eigenvalue weighted by molar-refractivity contribution is 0.199. The lowest BCUT2D eigenvalue weighted by Gasteiger charge is -2.01. The Balaban J connectivity index is 3.03. The van der Waals surface area contributed by atoms with Crippen molar-refractivity contribution in [1.29, 1.82) is 5.26 Å². The molecule has 1 rings (SSSR count). The SMILES string of the molecule is CC(O)c1cncc(C#N)c1. The van der Waals surface area contributed by atoms with E-state index in [9.17, 15) is 0 Å². The molecule has 1 heterocycles. The summed E-state index contributed by atoms with van der Waals surface area (Å²) in [4.78, 5) is 3.79. The number of nitriles is 1. The van der Waals surface area contributed by atoms with Crippen molar-refractivity contribution >= 4 is 0 Å². The van der Waals surface area contributed by atoms with E-state index in [-0.39, 0.29) is 0 Å². The molecule has 1 N–H and O–H groups in total. The van der Waals surface area contributed by atoms with Crippen LogP contribution in [0, 0.1) is 11.3 Å². The topological polar surface area (TPSA) is 56.9 Å². The van der Waals surface area contributed by atoms with Crippen molar-refractivity contribution in [3.05, 3.63) is 29.6 Å². The second kappa shape index (κ2) is 3.13. The molecule has 1 atom stereocenters. The highest BCUT2D eigenvalue weighted by molar-refractivity contribution is 5.29. The Kier molecular flexibility index (Phi) is 2.19. The van der Waals surface area contributed by atoms with Gasteiger partial charge in [-0.25, -0.2) is 0 Å². The van der Waals surface area contributed by atoms with Crippen molar-refractivity contribution in [1.82, 2.24) is 4.98 Å².